The number of halogens is 3. The number of ether oxygens (including phenoxy) is 2. The maximum absolute atomic E-state index is 13.2. The third-order valence-corrected chi connectivity index (χ3v) is 5.35. The van der Waals surface area contributed by atoms with Crippen molar-refractivity contribution in [3.63, 3.8) is 0 Å². The van der Waals surface area contributed by atoms with Crippen LogP contribution in [0.5, 0.6) is 0 Å². The number of allylic oxidation sites excluding steroid dienone is 1. The van der Waals surface area contributed by atoms with Crippen LogP contribution >= 0.6 is 34.8 Å². The van der Waals surface area contributed by atoms with Crippen molar-refractivity contribution in [2.75, 3.05) is 6.61 Å². The van der Waals surface area contributed by atoms with Gasteiger partial charge in [0.2, 0.25) is 3.79 Å². The van der Waals surface area contributed by atoms with E-state index in [4.69, 9.17) is 44.3 Å². The minimum absolute atomic E-state index is 0.0461. The van der Waals surface area contributed by atoms with Crippen LogP contribution < -0.4 is 0 Å². The lowest BCUT2D eigenvalue weighted by Gasteiger charge is -2.36. The van der Waals surface area contributed by atoms with Crippen LogP contribution in [0.4, 0.5) is 4.79 Å². The molecule has 0 unspecified atom stereocenters. The number of rotatable bonds is 11. The molecule has 4 atom stereocenters. The number of aliphatic hydroxyl groups excluding tert-OH is 1. The summed E-state index contributed by atoms with van der Waals surface area (Å²) in [6, 6.07) is 0. The number of Topliss-reactive ketones (excluding diaryl/α,β-unsaturated/α-hetero) is 1. The van der Waals surface area contributed by atoms with E-state index in [1.165, 1.54) is 0 Å². The van der Waals surface area contributed by atoms with E-state index in [9.17, 15) is 19.8 Å². The zero-order valence-corrected chi connectivity index (χ0v) is 19.2. The molecule has 0 saturated carbocycles. The second-order valence-electron chi connectivity index (χ2n) is 7.73. The van der Waals surface area contributed by atoms with Gasteiger partial charge in [-0.2, -0.15) is 0 Å². The van der Waals surface area contributed by atoms with E-state index in [-0.39, 0.29) is 24.0 Å². The van der Waals surface area contributed by atoms with Gasteiger partial charge in [0.15, 0.2) is 6.29 Å². The first-order valence-corrected chi connectivity index (χ1v) is 10.2. The summed E-state index contributed by atoms with van der Waals surface area (Å²) in [5, 5.41) is 18.5. The third-order valence-electron chi connectivity index (χ3n) is 5.02. The van der Waals surface area contributed by atoms with Crippen LogP contribution in [0.15, 0.2) is 12.7 Å². The molecule has 0 aromatic heterocycles. The summed E-state index contributed by atoms with van der Waals surface area (Å²) in [7, 11) is 0. The summed E-state index contributed by atoms with van der Waals surface area (Å²) in [5.41, 5.74) is -0.875. The van der Waals surface area contributed by atoms with E-state index in [1.54, 1.807) is 33.8 Å². The van der Waals surface area contributed by atoms with E-state index in [2.05, 4.69) is 6.58 Å². The van der Waals surface area contributed by atoms with E-state index in [1.807, 2.05) is 6.92 Å². The van der Waals surface area contributed by atoms with Crippen molar-refractivity contribution in [2.45, 2.75) is 63.6 Å². The lowest BCUT2D eigenvalue weighted by atomic mass is 9.69. The maximum Gasteiger partial charge on any atom is 0.508 e. The Balaban J connectivity index is 5.40. The van der Waals surface area contributed by atoms with Crippen LogP contribution in [0, 0.1) is 23.2 Å². The van der Waals surface area contributed by atoms with Crippen LogP contribution in [0.2, 0.25) is 0 Å². The van der Waals surface area contributed by atoms with E-state index < -0.39 is 40.3 Å². The fraction of sp³-hybridized carbons (Fsp3) is 0.789. The van der Waals surface area contributed by atoms with E-state index >= 15 is 0 Å². The molecule has 164 valence electrons. The highest BCUT2D eigenvalue weighted by atomic mass is 35.6. The second kappa shape index (κ2) is 11.6. The molecule has 28 heavy (non-hydrogen) atoms. The lowest BCUT2D eigenvalue weighted by molar-refractivity contribution is -0.141. The molecule has 0 bridgehead atoms. The summed E-state index contributed by atoms with van der Waals surface area (Å²) in [6.07, 6.45) is -1.13. The first-order valence-electron chi connectivity index (χ1n) is 9.05. The monoisotopic (exact) mass is 460 g/mol. The second-order valence-corrected chi connectivity index (χ2v) is 10.2. The first-order chi connectivity index (χ1) is 12.6. The van der Waals surface area contributed by atoms with Crippen LogP contribution in [0.25, 0.3) is 0 Å². The normalized spacial score (nSPS) is 16.8. The molecular weight excluding hydrogens is 431 g/mol. The molecule has 0 radical (unpaired) electrons. The average Bonchev–Trinajstić information content (AvgIpc) is 2.55. The minimum Gasteiger partial charge on any atom is -0.430 e. The van der Waals surface area contributed by atoms with Crippen LogP contribution in [-0.4, -0.2) is 44.9 Å². The Morgan fingerprint density at radius 3 is 2.11 bits per heavy atom. The predicted octanol–water partition coefficient (Wildman–Crippen LogP) is 4.66. The highest BCUT2D eigenvalue weighted by Crippen LogP contribution is 2.36. The van der Waals surface area contributed by atoms with Crippen LogP contribution in [0.3, 0.4) is 0 Å². The Labute approximate surface area is 182 Å². The summed E-state index contributed by atoms with van der Waals surface area (Å²) in [6.45, 7) is 11.9. The molecular formula is C19H31Cl3O6. The number of alkyl halides is 3. The summed E-state index contributed by atoms with van der Waals surface area (Å²) >= 11 is 16.7. The molecule has 0 aromatic carbocycles. The molecule has 0 aliphatic carbocycles. The van der Waals surface area contributed by atoms with Gasteiger partial charge in [0.25, 0.3) is 0 Å². The summed E-state index contributed by atoms with van der Waals surface area (Å²) < 4.78 is 8.44. The Hall–Kier alpha value is -0.530. The molecule has 6 nitrogen and oxygen atoms in total. The van der Waals surface area contributed by atoms with Crippen LogP contribution in [-0.2, 0) is 14.3 Å². The van der Waals surface area contributed by atoms with Crippen molar-refractivity contribution in [3.8, 4) is 0 Å². The number of hydrogen-bond acceptors (Lipinski definition) is 6. The van der Waals surface area contributed by atoms with Crippen molar-refractivity contribution < 1.29 is 29.3 Å². The SMILES string of the molecule is C=CC[C@H](C)[C@H](OC(=O)OCC(Cl)(Cl)Cl)[C@@H](C)C(=O)C(C)(C)[C@@H](C)CC(O)O. The Bertz CT molecular complexity index is 530. The van der Waals surface area contributed by atoms with Crippen molar-refractivity contribution in [1.29, 1.82) is 0 Å². The molecule has 0 spiro atoms. The van der Waals surface area contributed by atoms with Gasteiger partial charge in [-0.15, -0.1) is 6.58 Å². The van der Waals surface area contributed by atoms with Crippen molar-refractivity contribution >= 4 is 46.7 Å². The van der Waals surface area contributed by atoms with Gasteiger partial charge in [-0.3, -0.25) is 4.79 Å². The third kappa shape index (κ3) is 9.31. The number of ketones is 1. The van der Waals surface area contributed by atoms with Crippen molar-refractivity contribution in [1.82, 2.24) is 0 Å². The van der Waals surface area contributed by atoms with E-state index in [0.29, 0.717) is 6.42 Å². The van der Waals surface area contributed by atoms with Gasteiger partial charge in [-0.1, -0.05) is 75.5 Å². The Morgan fingerprint density at radius 1 is 1.14 bits per heavy atom. The fourth-order valence-corrected chi connectivity index (χ4v) is 3.15. The van der Waals surface area contributed by atoms with Gasteiger partial charge < -0.3 is 19.7 Å². The molecule has 9 heteroatoms. The largest absolute Gasteiger partial charge is 0.508 e. The molecule has 0 rings (SSSR count). The highest BCUT2D eigenvalue weighted by molar-refractivity contribution is 6.67. The molecule has 0 aliphatic heterocycles. The standard InChI is InChI=1S/C19H31Cl3O6/c1-7-8-11(2)15(28-17(26)27-10-19(20,21)22)13(4)16(25)18(5,6)12(3)9-14(23)24/h7,11-15,23-24H,1,8-10H2,2-6H3/t11-,12-,13+,15-/m0/s1. The Kier molecular flexibility index (Phi) is 11.4. The number of aliphatic hydroxyl groups is 2. The first kappa shape index (κ1) is 27.5. The number of hydrogen-bond donors (Lipinski definition) is 2. The topological polar surface area (TPSA) is 93.1 Å². The van der Waals surface area contributed by atoms with Gasteiger partial charge in [-0.25, -0.2) is 4.79 Å². The molecule has 0 aliphatic rings. The molecule has 0 aromatic rings. The lowest BCUT2D eigenvalue weighted by Crippen LogP contribution is -2.44. The average molecular weight is 462 g/mol. The zero-order valence-electron chi connectivity index (χ0n) is 17.0. The summed E-state index contributed by atoms with van der Waals surface area (Å²) in [5.74, 6) is -1.38. The smallest absolute Gasteiger partial charge is 0.430 e. The molecule has 0 amide bonds. The minimum atomic E-state index is -1.77. The number of carbonyl (C=O) groups is 2. The van der Waals surface area contributed by atoms with Gasteiger partial charge in [-0.05, 0) is 18.3 Å². The van der Waals surface area contributed by atoms with Gasteiger partial charge >= 0.3 is 6.16 Å². The van der Waals surface area contributed by atoms with Gasteiger partial charge in [0.1, 0.15) is 18.5 Å². The molecule has 0 saturated heterocycles. The molecule has 2 N–H and O–H groups in total. The number of carbonyl (C=O) groups excluding carboxylic acids is 2. The van der Waals surface area contributed by atoms with Crippen molar-refractivity contribution in [2.24, 2.45) is 23.2 Å². The fourth-order valence-electron chi connectivity index (χ4n) is 2.98. The van der Waals surface area contributed by atoms with E-state index in [0.717, 1.165) is 0 Å². The highest BCUT2D eigenvalue weighted by Gasteiger charge is 2.42. The van der Waals surface area contributed by atoms with Gasteiger partial charge in [0.05, 0.1) is 5.92 Å². The summed E-state index contributed by atoms with van der Waals surface area (Å²) in [4.78, 5) is 25.2. The molecule has 0 fully saturated rings. The van der Waals surface area contributed by atoms with Crippen molar-refractivity contribution in [3.05, 3.63) is 12.7 Å². The zero-order chi connectivity index (χ0) is 22.3. The quantitative estimate of drug-likeness (QED) is 0.201. The maximum atomic E-state index is 13.2. The van der Waals surface area contributed by atoms with Crippen LogP contribution in [0.1, 0.15) is 47.5 Å². The predicted molar refractivity (Wildman–Crippen MR) is 110 cm³/mol. The Morgan fingerprint density at radius 2 is 1.68 bits per heavy atom. The molecule has 0 heterocycles. The van der Waals surface area contributed by atoms with Gasteiger partial charge in [0, 0.05) is 11.8 Å².